The lowest BCUT2D eigenvalue weighted by atomic mass is 10.0. The molecule has 2 aliphatic rings. The van der Waals surface area contributed by atoms with Crippen molar-refractivity contribution in [3.05, 3.63) is 174 Å². The van der Waals surface area contributed by atoms with Gasteiger partial charge in [-0.1, -0.05) is 165 Å². The van der Waals surface area contributed by atoms with Gasteiger partial charge in [-0.25, -0.2) is 0 Å². The number of hydrogen-bond acceptors (Lipinski definition) is 8. The monoisotopic (exact) mass is 1200 g/mol. The van der Waals surface area contributed by atoms with Gasteiger partial charge in [0, 0.05) is 52.1 Å². The minimum absolute atomic E-state index is 0.0315. The fourth-order valence-electron chi connectivity index (χ4n) is 12.0. The van der Waals surface area contributed by atoms with Crippen molar-refractivity contribution in [3.8, 4) is 39.0 Å². The lowest BCUT2D eigenvalue weighted by Crippen LogP contribution is -2.31. The Morgan fingerprint density at radius 3 is 1.05 bits per heavy atom. The number of fused-ring (bicyclic) bond motifs is 1. The number of hydrogen-bond donors (Lipinski definition) is 0. The molecule has 430 valence electrons. The molecule has 8 heterocycles. The standard InChI is InChI=1S/C72H84N2O2S6/c1-5-9-13-23-35-53-43-47-77-67(53)57-39-41-59(79-57)69-55(37-25-15-11-7-3)49-61(81-69)65-63-64(72(76)73(65)45-27-33-51-29-19-17-20-30-51)66(74(71(63)75)46-28-34-52-31-21-18-22-32-52)62-50-56(38-26-16-12-8-4)70(82-62)60-42-40-58(80-60)68-54(44-48-78-68)36-24-14-10-6-2/h17-22,29-32,39-44,47-50H,5-16,23-28,33-38,45-46H2,1-4H3. The molecule has 0 radical (unpaired) electrons. The number of thiophene rings is 6. The van der Waals surface area contributed by atoms with Gasteiger partial charge in [-0.15, -0.1) is 68.0 Å². The van der Waals surface area contributed by atoms with Gasteiger partial charge in [0.05, 0.1) is 32.3 Å². The predicted molar refractivity (Wildman–Crippen MR) is 360 cm³/mol. The number of rotatable bonds is 34. The van der Waals surface area contributed by atoms with Crippen molar-refractivity contribution in [2.24, 2.45) is 0 Å². The van der Waals surface area contributed by atoms with Crippen molar-refractivity contribution >= 4 is 91.2 Å². The third-order valence-corrected chi connectivity index (χ3v) is 23.6. The molecule has 4 nitrogen and oxygen atoms in total. The summed E-state index contributed by atoms with van der Waals surface area (Å²) in [5.74, 6) is -0.0630. The average molecular weight is 1200 g/mol. The van der Waals surface area contributed by atoms with Crippen LogP contribution >= 0.6 is 68.0 Å². The van der Waals surface area contributed by atoms with Crippen molar-refractivity contribution in [1.82, 2.24) is 9.80 Å². The van der Waals surface area contributed by atoms with Crippen molar-refractivity contribution in [2.45, 2.75) is 182 Å². The predicted octanol–water partition coefficient (Wildman–Crippen LogP) is 22.3. The Balaban J connectivity index is 1.09. The Morgan fingerprint density at radius 2 is 0.683 bits per heavy atom. The Bertz CT molecular complexity index is 3170. The Kier molecular flexibility index (Phi) is 22.2. The van der Waals surface area contributed by atoms with E-state index in [1.165, 1.54) is 162 Å². The smallest absolute Gasteiger partial charge is 0.261 e. The SMILES string of the molecule is CCCCCCc1ccsc1-c1ccc(-c2sc(C3=C4C(=O)N(CCCc5ccccc5)C(c5cc(CCCCCC)c(-c6ccc(-c7sccc7CCCCCC)s6)s5)=C4C(=O)N3CCCc3ccccc3)cc2CCCCCC)s1. The first-order valence-corrected chi connectivity index (χ1v) is 36.2. The van der Waals surface area contributed by atoms with Crippen LogP contribution in [0.3, 0.4) is 0 Å². The van der Waals surface area contributed by atoms with E-state index in [1.807, 2.05) is 55.1 Å². The number of carbonyl (C=O) groups is 2. The molecule has 0 atom stereocenters. The Morgan fingerprint density at radius 1 is 0.329 bits per heavy atom. The van der Waals surface area contributed by atoms with Gasteiger partial charge in [-0.2, -0.15) is 0 Å². The number of nitrogens with zero attached hydrogens (tertiary/aromatic N) is 2. The first-order chi connectivity index (χ1) is 40.4. The number of aryl methyl sites for hydroxylation is 6. The molecule has 0 saturated heterocycles. The summed E-state index contributed by atoms with van der Waals surface area (Å²) < 4.78 is 0. The van der Waals surface area contributed by atoms with E-state index in [4.69, 9.17) is 0 Å². The molecular weight excluding hydrogens is 1120 g/mol. The maximum absolute atomic E-state index is 16.0. The first-order valence-electron chi connectivity index (χ1n) is 31.2. The van der Waals surface area contributed by atoms with Crippen LogP contribution < -0.4 is 0 Å². The Hall–Kier alpha value is -4.94. The normalized spacial score (nSPS) is 13.6. The van der Waals surface area contributed by atoms with E-state index in [-0.39, 0.29) is 11.8 Å². The second-order valence-electron chi connectivity index (χ2n) is 22.6. The highest BCUT2D eigenvalue weighted by Crippen LogP contribution is 2.53. The molecular formula is C72H84N2O2S6. The fourth-order valence-corrected chi connectivity index (χ4v) is 19.1. The van der Waals surface area contributed by atoms with Crippen LogP contribution in [0.15, 0.2) is 131 Å². The van der Waals surface area contributed by atoms with E-state index in [2.05, 4.69) is 148 Å². The number of amides is 2. The van der Waals surface area contributed by atoms with Gasteiger partial charge in [-0.3, -0.25) is 9.59 Å². The molecule has 10 heteroatoms. The highest BCUT2D eigenvalue weighted by atomic mass is 32.1. The van der Waals surface area contributed by atoms with Crippen LogP contribution in [0, 0.1) is 0 Å². The van der Waals surface area contributed by atoms with E-state index in [0.717, 1.165) is 85.4 Å². The number of carbonyl (C=O) groups excluding carboxylic acids is 2. The zero-order valence-electron chi connectivity index (χ0n) is 49.1. The highest BCUT2D eigenvalue weighted by Gasteiger charge is 2.49. The van der Waals surface area contributed by atoms with E-state index in [1.54, 1.807) is 22.7 Å². The first kappa shape index (κ1) is 60.2. The van der Waals surface area contributed by atoms with E-state index < -0.39 is 0 Å². The molecule has 0 N–H and O–H groups in total. The fraction of sp³-hybridized carbons (Fsp3) is 0.417. The number of unbranched alkanes of at least 4 members (excludes halogenated alkanes) is 12. The summed E-state index contributed by atoms with van der Waals surface area (Å²) in [5, 5.41) is 4.54. The van der Waals surface area contributed by atoms with Gasteiger partial charge >= 0.3 is 0 Å². The molecule has 82 heavy (non-hydrogen) atoms. The average Bonchev–Trinajstić information content (AvgIpc) is 2.68. The summed E-state index contributed by atoms with van der Waals surface area (Å²) in [7, 11) is 0. The third-order valence-electron chi connectivity index (χ3n) is 16.4. The lowest BCUT2D eigenvalue weighted by Gasteiger charge is -2.24. The molecule has 0 spiro atoms. The molecule has 2 aromatic carbocycles. The lowest BCUT2D eigenvalue weighted by molar-refractivity contribution is -0.124. The summed E-state index contributed by atoms with van der Waals surface area (Å²) in [5.41, 5.74) is 11.0. The molecule has 2 amide bonds. The summed E-state index contributed by atoms with van der Waals surface area (Å²) in [6.07, 6.45) is 26.9. The van der Waals surface area contributed by atoms with Gasteiger partial charge < -0.3 is 9.80 Å². The van der Waals surface area contributed by atoms with E-state index in [9.17, 15) is 0 Å². The topological polar surface area (TPSA) is 40.6 Å². The van der Waals surface area contributed by atoms with E-state index >= 15 is 9.59 Å². The quantitative estimate of drug-likeness (QED) is 0.0377. The number of benzene rings is 2. The van der Waals surface area contributed by atoms with Crippen molar-refractivity contribution < 1.29 is 9.59 Å². The van der Waals surface area contributed by atoms with Crippen LogP contribution in [0.5, 0.6) is 0 Å². The second-order valence-corrected chi connectivity index (χ2v) is 28.7. The van der Waals surface area contributed by atoms with Crippen LogP contribution in [-0.2, 0) is 48.1 Å². The minimum Gasteiger partial charge on any atom is -0.306 e. The third kappa shape index (κ3) is 14.4. The molecule has 0 unspecified atom stereocenters. The van der Waals surface area contributed by atoms with Crippen LogP contribution in [0.1, 0.15) is 186 Å². The molecule has 0 aliphatic carbocycles. The largest absolute Gasteiger partial charge is 0.306 e. The molecule has 2 aliphatic heterocycles. The van der Waals surface area contributed by atoms with Gasteiger partial charge in [-0.05, 0) is 170 Å². The molecule has 6 aromatic heterocycles. The molecule has 8 aromatic rings. The van der Waals surface area contributed by atoms with Gasteiger partial charge in [0.25, 0.3) is 11.8 Å². The summed E-state index contributed by atoms with van der Waals surface area (Å²) >= 11 is 11.2. The molecule has 0 saturated carbocycles. The second kappa shape index (κ2) is 30.2. The van der Waals surface area contributed by atoms with Crippen LogP contribution in [0.25, 0.3) is 50.4 Å². The van der Waals surface area contributed by atoms with Crippen molar-refractivity contribution in [2.75, 3.05) is 13.1 Å². The van der Waals surface area contributed by atoms with Crippen LogP contribution in [0.2, 0.25) is 0 Å². The molecule has 0 bridgehead atoms. The Labute approximate surface area is 514 Å². The van der Waals surface area contributed by atoms with Gasteiger partial charge in [0.1, 0.15) is 0 Å². The highest BCUT2D eigenvalue weighted by molar-refractivity contribution is 7.27. The van der Waals surface area contributed by atoms with Crippen LogP contribution in [-0.4, -0.2) is 34.7 Å². The minimum atomic E-state index is -0.0315. The zero-order valence-corrected chi connectivity index (χ0v) is 54.0. The maximum atomic E-state index is 16.0. The molecule has 0 fully saturated rings. The summed E-state index contributed by atoms with van der Waals surface area (Å²) in [4.78, 5) is 48.8. The maximum Gasteiger partial charge on any atom is 0.261 e. The van der Waals surface area contributed by atoms with E-state index in [0.29, 0.717) is 24.2 Å². The van der Waals surface area contributed by atoms with Crippen molar-refractivity contribution in [3.63, 3.8) is 0 Å². The van der Waals surface area contributed by atoms with Crippen LogP contribution in [0.4, 0.5) is 0 Å². The summed E-state index contributed by atoms with van der Waals surface area (Å²) in [6.45, 7) is 10.2. The zero-order chi connectivity index (χ0) is 56.6. The molecule has 10 rings (SSSR count). The van der Waals surface area contributed by atoms with Gasteiger partial charge in [0.2, 0.25) is 0 Å². The van der Waals surface area contributed by atoms with Crippen molar-refractivity contribution in [1.29, 1.82) is 0 Å². The summed E-state index contributed by atoms with van der Waals surface area (Å²) in [6, 6.07) is 40.2. The van der Waals surface area contributed by atoms with Gasteiger partial charge in [0.15, 0.2) is 0 Å².